The summed E-state index contributed by atoms with van der Waals surface area (Å²) in [4.78, 5) is 51.9. The predicted molar refractivity (Wildman–Crippen MR) is 100.0 cm³/mol. The Kier molecular flexibility index (Phi) is 4.06. The van der Waals surface area contributed by atoms with Crippen molar-refractivity contribution in [1.82, 2.24) is 10.2 Å². The molecule has 27 heavy (non-hydrogen) atoms. The van der Waals surface area contributed by atoms with Gasteiger partial charge in [-0.3, -0.25) is 29.4 Å². The van der Waals surface area contributed by atoms with Crippen LogP contribution in [0.4, 0.5) is 0 Å². The zero-order valence-electron chi connectivity index (χ0n) is 15.3. The first kappa shape index (κ1) is 17.4. The zero-order chi connectivity index (χ0) is 19.3. The molecule has 138 valence electrons. The van der Waals surface area contributed by atoms with E-state index in [0.29, 0.717) is 45.1 Å². The van der Waals surface area contributed by atoms with Crippen LogP contribution < -0.4 is 5.32 Å². The molecular weight excluding hydrogens is 344 g/mol. The van der Waals surface area contributed by atoms with Gasteiger partial charge in [0, 0.05) is 34.0 Å². The lowest BCUT2D eigenvalue weighted by atomic mass is 9.84. The second kappa shape index (κ2) is 6.30. The normalized spacial score (nSPS) is 15.6. The lowest BCUT2D eigenvalue weighted by Gasteiger charge is -2.30. The number of amides is 4. The summed E-state index contributed by atoms with van der Waals surface area (Å²) in [6, 6.07) is 4.81. The number of carbonyl (C=O) groups excluding carboxylic acids is 4. The molecule has 2 aromatic rings. The van der Waals surface area contributed by atoms with Crippen LogP contribution in [0, 0.1) is 6.92 Å². The van der Waals surface area contributed by atoms with Crippen LogP contribution in [0.1, 0.15) is 79.6 Å². The molecule has 2 aliphatic rings. The summed E-state index contributed by atoms with van der Waals surface area (Å²) in [5.74, 6) is -1.70. The molecule has 0 spiro atoms. The Morgan fingerprint density at radius 1 is 0.852 bits per heavy atom. The monoisotopic (exact) mass is 364 g/mol. The molecule has 6 nitrogen and oxygen atoms in total. The van der Waals surface area contributed by atoms with Gasteiger partial charge in [0.2, 0.25) is 0 Å². The number of imide groups is 2. The topological polar surface area (TPSA) is 83.6 Å². The summed E-state index contributed by atoms with van der Waals surface area (Å²) < 4.78 is 0. The van der Waals surface area contributed by atoms with Crippen LogP contribution >= 0.6 is 0 Å². The van der Waals surface area contributed by atoms with Gasteiger partial charge in [0.05, 0.1) is 5.56 Å². The Labute approximate surface area is 156 Å². The molecule has 0 saturated carbocycles. The van der Waals surface area contributed by atoms with Crippen molar-refractivity contribution in [3.63, 3.8) is 0 Å². The first-order valence-corrected chi connectivity index (χ1v) is 9.28. The Morgan fingerprint density at radius 3 is 2.30 bits per heavy atom. The lowest BCUT2D eigenvalue weighted by Crippen LogP contribution is -2.42. The van der Waals surface area contributed by atoms with Gasteiger partial charge in [-0.2, -0.15) is 0 Å². The number of unbranched alkanes of at least 4 members (excludes halogenated alkanes) is 3. The van der Waals surface area contributed by atoms with E-state index in [-0.39, 0.29) is 11.8 Å². The van der Waals surface area contributed by atoms with E-state index in [1.54, 1.807) is 25.1 Å². The van der Waals surface area contributed by atoms with E-state index in [9.17, 15) is 19.2 Å². The third-order valence-electron chi connectivity index (χ3n) is 5.37. The predicted octanol–water partition coefficient (Wildman–Crippen LogP) is 3.21. The smallest absolute Gasteiger partial charge is 0.261 e. The molecule has 1 N–H and O–H groups in total. The van der Waals surface area contributed by atoms with E-state index < -0.39 is 11.8 Å². The summed E-state index contributed by atoms with van der Waals surface area (Å²) in [6.45, 7) is 4.22. The van der Waals surface area contributed by atoms with Gasteiger partial charge in [-0.1, -0.05) is 26.2 Å². The van der Waals surface area contributed by atoms with E-state index in [1.807, 2.05) is 0 Å². The minimum absolute atomic E-state index is 0.324. The summed E-state index contributed by atoms with van der Waals surface area (Å²) in [5.41, 5.74) is 2.07. The Balaban J connectivity index is 1.89. The number of nitrogens with one attached hydrogen (secondary N) is 1. The molecule has 2 aliphatic heterocycles. The van der Waals surface area contributed by atoms with Crippen LogP contribution in [-0.4, -0.2) is 35.1 Å². The minimum atomic E-state index is -0.502. The summed E-state index contributed by atoms with van der Waals surface area (Å²) >= 11 is 0. The van der Waals surface area contributed by atoms with E-state index in [1.165, 1.54) is 4.90 Å². The summed E-state index contributed by atoms with van der Waals surface area (Å²) in [5, 5.41) is 3.17. The molecule has 0 unspecified atom stereocenters. The van der Waals surface area contributed by atoms with Crippen LogP contribution in [0.25, 0.3) is 10.8 Å². The quantitative estimate of drug-likeness (QED) is 0.652. The van der Waals surface area contributed by atoms with E-state index in [4.69, 9.17) is 0 Å². The van der Waals surface area contributed by atoms with Gasteiger partial charge < -0.3 is 0 Å². The Hall–Kier alpha value is -3.02. The highest BCUT2D eigenvalue weighted by molar-refractivity contribution is 6.33. The molecule has 0 aromatic heterocycles. The Bertz CT molecular complexity index is 1040. The number of rotatable bonds is 5. The number of benzene rings is 2. The first-order chi connectivity index (χ1) is 13.0. The molecule has 0 bridgehead atoms. The maximum atomic E-state index is 13.0. The molecular formula is C21H20N2O4. The van der Waals surface area contributed by atoms with Crippen molar-refractivity contribution < 1.29 is 19.2 Å². The number of hydrogen-bond acceptors (Lipinski definition) is 4. The number of nitrogens with zero attached hydrogens (tertiary/aromatic N) is 1. The third kappa shape index (κ3) is 2.47. The standard InChI is InChI=1S/C21H20N2O4/c1-3-4-5-6-9-23-20(26)13-8-7-12-17-15(19(25)22-18(12)24)11(2)10-14(16(13)17)21(23)27/h7-8,10H,3-6,9H2,1-2H3,(H,22,24,25). The maximum absolute atomic E-state index is 13.0. The van der Waals surface area contributed by atoms with Crippen LogP contribution in [0.3, 0.4) is 0 Å². The van der Waals surface area contributed by atoms with Crippen molar-refractivity contribution in [1.29, 1.82) is 0 Å². The largest absolute Gasteiger partial charge is 0.288 e. The van der Waals surface area contributed by atoms with Crippen LogP contribution in [0.2, 0.25) is 0 Å². The van der Waals surface area contributed by atoms with Crippen LogP contribution in [0.5, 0.6) is 0 Å². The number of aryl methyl sites for hydroxylation is 1. The van der Waals surface area contributed by atoms with Gasteiger partial charge in [0.25, 0.3) is 23.6 Å². The van der Waals surface area contributed by atoms with Crippen molar-refractivity contribution in [3.8, 4) is 0 Å². The molecule has 6 heteroatoms. The average molecular weight is 364 g/mol. The summed E-state index contributed by atoms with van der Waals surface area (Å²) in [7, 11) is 0. The number of hydrogen-bond donors (Lipinski definition) is 1. The van der Waals surface area contributed by atoms with Gasteiger partial charge in [-0.05, 0) is 37.1 Å². The zero-order valence-corrected chi connectivity index (χ0v) is 15.3. The fraction of sp³-hybridized carbons (Fsp3) is 0.333. The molecule has 0 radical (unpaired) electrons. The molecule has 2 heterocycles. The molecule has 2 aromatic carbocycles. The van der Waals surface area contributed by atoms with Gasteiger partial charge in [-0.25, -0.2) is 0 Å². The minimum Gasteiger partial charge on any atom is -0.288 e. The highest BCUT2D eigenvalue weighted by Crippen LogP contribution is 2.37. The molecule has 4 rings (SSSR count). The first-order valence-electron chi connectivity index (χ1n) is 9.28. The lowest BCUT2D eigenvalue weighted by molar-refractivity contribution is 0.0606. The van der Waals surface area contributed by atoms with E-state index in [0.717, 1.165) is 25.7 Å². The van der Waals surface area contributed by atoms with Gasteiger partial charge in [-0.15, -0.1) is 0 Å². The second-order valence-electron chi connectivity index (χ2n) is 7.13. The Morgan fingerprint density at radius 2 is 1.56 bits per heavy atom. The molecule has 4 amide bonds. The third-order valence-corrected chi connectivity index (χ3v) is 5.37. The molecule has 0 aliphatic carbocycles. The van der Waals surface area contributed by atoms with Crippen molar-refractivity contribution in [2.24, 2.45) is 0 Å². The van der Waals surface area contributed by atoms with Gasteiger partial charge >= 0.3 is 0 Å². The maximum Gasteiger partial charge on any atom is 0.261 e. The second-order valence-corrected chi connectivity index (χ2v) is 7.13. The van der Waals surface area contributed by atoms with Crippen LogP contribution in [-0.2, 0) is 0 Å². The highest BCUT2D eigenvalue weighted by atomic mass is 16.2. The number of carbonyl (C=O) groups is 4. The van der Waals surface area contributed by atoms with Crippen molar-refractivity contribution in [2.75, 3.05) is 6.54 Å². The van der Waals surface area contributed by atoms with E-state index in [2.05, 4.69) is 12.2 Å². The molecule has 0 saturated heterocycles. The average Bonchev–Trinajstić information content (AvgIpc) is 2.64. The molecule has 0 fully saturated rings. The van der Waals surface area contributed by atoms with Gasteiger partial charge in [0.1, 0.15) is 0 Å². The van der Waals surface area contributed by atoms with E-state index >= 15 is 0 Å². The van der Waals surface area contributed by atoms with Crippen molar-refractivity contribution in [2.45, 2.75) is 39.5 Å². The highest BCUT2D eigenvalue weighted by Gasteiger charge is 2.37. The fourth-order valence-corrected chi connectivity index (χ4v) is 4.04. The fourth-order valence-electron chi connectivity index (χ4n) is 4.04. The van der Waals surface area contributed by atoms with Gasteiger partial charge in [0.15, 0.2) is 0 Å². The van der Waals surface area contributed by atoms with Crippen molar-refractivity contribution in [3.05, 3.63) is 46.0 Å². The molecule has 0 atom stereocenters. The van der Waals surface area contributed by atoms with Crippen LogP contribution in [0.15, 0.2) is 18.2 Å². The SMILES string of the molecule is CCCCCCN1C(=O)c2ccc3c4c(c(C)cc(c24)C1=O)C(=O)NC3=O. The van der Waals surface area contributed by atoms with Crippen molar-refractivity contribution >= 4 is 34.4 Å². The summed E-state index contributed by atoms with van der Waals surface area (Å²) in [6.07, 6.45) is 3.86.